The average Bonchev–Trinajstić information content (AvgIpc) is 2.15. The van der Waals surface area contributed by atoms with E-state index in [1.165, 1.54) is 4.90 Å². The van der Waals surface area contributed by atoms with Gasteiger partial charge in [0.05, 0.1) is 0 Å². The van der Waals surface area contributed by atoms with Gasteiger partial charge in [0, 0.05) is 13.1 Å². The predicted octanol–water partition coefficient (Wildman–Crippen LogP) is 2.35. The summed E-state index contributed by atoms with van der Waals surface area (Å²) in [5.74, 6) is 0. The van der Waals surface area contributed by atoms with Crippen molar-refractivity contribution >= 4 is 0 Å². The zero-order valence-corrected chi connectivity index (χ0v) is 9.83. The number of benzene rings is 1. The first-order chi connectivity index (χ1) is 7.79. The molecule has 1 aromatic rings. The maximum Gasteiger partial charge on any atom is 0.415 e. The Morgan fingerprint density at radius 2 is 2.00 bits per heavy atom. The van der Waals surface area contributed by atoms with E-state index >= 15 is 0 Å². The molecule has 0 amide bonds. The van der Waals surface area contributed by atoms with Gasteiger partial charge in [-0.2, -0.15) is 13.2 Å². The van der Waals surface area contributed by atoms with Crippen molar-refractivity contribution in [1.82, 2.24) is 4.90 Å². The monoisotopic (exact) mass is 247 g/mol. The van der Waals surface area contributed by atoms with Crippen molar-refractivity contribution in [3.05, 3.63) is 35.4 Å². The first kappa shape index (κ1) is 14.0. The van der Waals surface area contributed by atoms with E-state index in [0.29, 0.717) is 6.54 Å². The van der Waals surface area contributed by atoms with E-state index in [2.05, 4.69) is 0 Å². The molecular formula is C12H16F3NO. The molecule has 0 aliphatic heterocycles. The zero-order valence-electron chi connectivity index (χ0n) is 9.83. The molecule has 1 aromatic carbocycles. The van der Waals surface area contributed by atoms with Gasteiger partial charge in [0.2, 0.25) is 0 Å². The third kappa shape index (κ3) is 4.75. The van der Waals surface area contributed by atoms with Crippen molar-refractivity contribution in [2.45, 2.75) is 25.7 Å². The van der Waals surface area contributed by atoms with Crippen molar-refractivity contribution in [1.29, 1.82) is 0 Å². The van der Waals surface area contributed by atoms with Crippen LogP contribution in [0.4, 0.5) is 13.2 Å². The summed E-state index contributed by atoms with van der Waals surface area (Å²) >= 11 is 0. The fourth-order valence-corrected chi connectivity index (χ4v) is 1.59. The number of aliphatic hydroxyl groups is 1. The molecule has 96 valence electrons. The molecule has 1 N–H and O–H groups in total. The molecule has 1 rings (SSSR count). The summed E-state index contributed by atoms with van der Waals surface area (Å²) in [5, 5.41) is 8.92. The minimum absolute atomic E-state index is 0.384. The minimum Gasteiger partial charge on any atom is -0.382 e. The molecule has 0 saturated heterocycles. The lowest BCUT2D eigenvalue weighted by Crippen LogP contribution is -2.39. The number of nitrogens with zero attached hydrogens (tertiary/aromatic N) is 1. The lowest BCUT2D eigenvalue weighted by molar-refractivity contribution is -0.207. The van der Waals surface area contributed by atoms with Crippen LogP contribution in [0, 0.1) is 6.92 Å². The van der Waals surface area contributed by atoms with E-state index in [1.807, 2.05) is 31.2 Å². The number of aryl methyl sites for hydroxylation is 1. The van der Waals surface area contributed by atoms with Crippen LogP contribution in [0.1, 0.15) is 11.1 Å². The highest BCUT2D eigenvalue weighted by Gasteiger charge is 2.38. The summed E-state index contributed by atoms with van der Waals surface area (Å²) < 4.78 is 36.4. The van der Waals surface area contributed by atoms with Crippen LogP contribution in [-0.2, 0) is 6.54 Å². The fraction of sp³-hybridized carbons (Fsp3) is 0.500. The third-order valence-electron chi connectivity index (χ3n) is 2.40. The molecule has 0 fully saturated rings. The number of hydrogen-bond donors (Lipinski definition) is 1. The second-order valence-corrected chi connectivity index (χ2v) is 4.24. The van der Waals surface area contributed by atoms with Crippen molar-refractivity contribution in [3.63, 3.8) is 0 Å². The Hall–Kier alpha value is -1.07. The van der Waals surface area contributed by atoms with E-state index in [4.69, 9.17) is 5.11 Å². The number of likely N-dealkylation sites (N-methyl/N-ethyl adjacent to an activating group) is 1. The van der Waals surface area contributed by atoms with Crippen molar-refractivity contribution in [2.75, 3.05) is 13.6 Å². The largest absolute Gasteiger partial charge is 0.415 e. The maximum absolute atomic E-state index is 12.1. The second-order valence-electron chi connectivity index (χ2n) is 4.24. The molecule has 0 saturated carbocycles. The van der Waals surface area contributed by atoms with Crippen LogP contribution >= 0.6 is 0 Å². The van der Waals surface area contributed by atoms with Crippen LogP contribution in [-0.4, -0.2) is 35.9 Å². The molecule has 0 aliphatic carbocycles. The Morgan fingerprint density at radius 1 is 1.35 bits per heavy atom. The number of rotatable bonds is 4. The van der Waals surface area contributed by atoms with Crippen LogP contribution < -0.4 is 0 Å². The van der Waals surface area contributed by atoms with Gasteiger partial charge in [-0.3, -0.25) is 4.90 Å². The lowest BCUT2D eigenvalue weighted by atomic mass is 10.1. The van der Waals surface area contributed by atoms with E-state index in [-0.39, 0.29) is 0 Å². The van der Waals surface area contributed by atoms with Gasteiger partial charge in [-0.1, -0.05) is 29.8 Å². The maximum atomic E-state index is 12.1. The van der Waals surface area contributed by atoms with E-state index in [1.54, 1.807) is 7.05 Å². The van der Waals surface area contributed by atoms with E-state index in [0.717, 1.165) is 11.1 Å². The van der Waals surface area contributed by atoms with Gasteiger partial charge in [-0.15, -0.1) is 0 Å². The summed E-state index contributed by atoms with van der Waals surface area (Å²) in [4.78, 5) is 1.45. The number of aliphatic hydroxyl groups excluding tert-OH is 1. The Balaban J connectivity index is 2.53. The summed E-state index contributed by atoms with van der Waals surface area (Å²) in [6.07, 6.45) is -6.85. The molecule has 0 bridgehead atoms. The van der Waals surface area contributed by atoms with E-state index in [9.17, 15) is 13.2 Å². The molecular weight excluding hydrogens is 231 g/mol. The normalized spacial score (nSPS) is 14.1. The fourth-order valence-electron chi connectivity index (χ4n) is 1.59. The first-order valence-corrected chi connectivity index (χ1v) is 5.28. The first-order valence-electron chi connectivity index (χ1n) is 5.28. The van der Waals surface area contributed by atoms with Crippen LogP contribution in [0.15, 0.2) is 24.3 Å². The summed E-state index contributed by atoms with van der Waals surface area (Å²) in [6.45, 7) is 1.89. The van der Waals surface area contributed by atoms with Crippen LogP contribution in [0.25, 0.3) is 0 Å². The molecule has 0 aromatic heterocycles. The Bertz CT molecular complexity index is 365. The Labute approximate surface area is 98.7 Å². The van der Waals surface area contributed by atoms with Crippen molar-refractivity contribution in [3.8, 4) is 0 Å². The van der Waals surface area contributed by atoms with Crippen molar-refractivity contribution < 1.29 is 18.3 Å². The smallest absolute Gasteiger partial charge is 0.382 e. The summed E-state index contributed by atoms with van der Waals surface area (Å²) in [6, 6.07) is 7.55. The predicted molar refractivity (Wildman–Crippen MR) is 59.6 cm³/mol. The van der Waals surface area contributed by atoms with Gasteiger partial charge in [0.15, 0.2) is 6.10 Å². The number of halogens is 3. The second kappa shape index (κ2) is 5.51. The highest BCUT2D eigenvalue weighted by Crippen LogP contribution is 2.20. The molecule has 0 spiro atoms. The molecule has 1 atom stereocenters. The third-order valence-corrected chi connectivity index (χ3v) is 2.40. The zero-order chi connectivity index (χ0) is 13.1. The quantitative estimate of drug-likeness (QED) is 0.882. The number of alkyl halides is 3. The molecule has 0 heterocycles. The molecule has 5 heteroatoms. The van der Waals surface area contributed by atoms with Crippen molar-refractivity contribution in [2.24, 2.45) is 0 Å². The van der Waals surface area contributed by atoms with Crippen LogP contribution in [0.5, 0.6) is 0 Å². The van der Waals surface area contributed by atoms with Gasteiger partial charge in [-0.25, -0.2) is 0 Å². The molecule has 0 aliphatic rings. The van der Waals surface area contributed by atoms with Crippen LogP contribution in [0.2, 0.25) is 0 Å². The Morgan fingerprint density at radius 3 is 2.53 bits per heavy atom. The highest BCUT2D eigenvalue weighted by atomic mass is 19.4. The van der Waals surface area contributed by atoms with Gasteiger partial charge in [0.25, 0.3) is 0 Å². The highest BCUT2D eigenvalue weighted by molar-refractivity contribution is 5.21. The van der Waals surface area contributed by atoms with Gasteiger partial charge < -0.3 is 5.11 Å². The lowest BCUT2D eigenvalue weighted by Gasteiger charge is -2.22. The van der Waals surface area contributed by atoms with Gasteiger partial charge in [0.1, 0.15) is 0 Å². The average molecular weight is 247 g/mol. The topological polar surface area (TPSA) is 23.5 Å². The number of hydrogen-bond acceptors (Lipinski definition) is 2. The molecule has 17 heavy (non-hydrogen) atoms. The molecule has 0 radical (unpaired) electrons. The molecule has 1 unspecified atom stereocenters. The van der Waals surface area contributed by atoms with Gasteiger partial charge in [-0.05, 0) is 19.5 Å². The van der Waals surface area contributed by atoms with Crippen LogP contribution in [0.3, 0.4) is 0 Å². The standard InChI is InChI=1S/C12H16F3NO/c1-9-4-3-5-10(6-9)7-16(2)8-11(17)12(13,14)15/h3-6,11,17H,7-8H2,1-2H3. The molecule has 2 nitrogen and oxygen atoms in total. The SMILES string of the molecule is Cc1cccc(CN(C)CC(O)C(F)(F)F)c1. The van der Waals surface area contributed by atoms with Gasteiger partial charge >= 0.3 is 6.18 Å². The Kier molecular flexibility index (Phi) is 4.54. The minimum atomic E-state index is -4.55. The van der Waals surface area contributed by atoms with E-state index < -0.39 is 18.8 Å². The summed E-state index contributed by atoms with van der Waals surface area (Å²) in [7, 11) is 1.55. The summed E-state index contributed by atoms with van der Waals surface area (Å²) in [5.41, 5.74) is 1.99.